The summed E-state index contributed by atoms with van der Waals surface area (Å²) in [5.41, 5.74) is 1.11. The third-order valence-corrected chi connectivity index (χ3v) is 4.57. The summed E-state index contributed by atoms with van der Waals surface area (Å²) in [6.07, 6.45) is 9.88. The van der Waals surface area contributed by atoms with Crippen LogP contribution in [0.5, 0.6) is 0 Å². The van der Waals surface area contributed by atoms with Crippen molar-refractivity contribution in [1.29, 1.82) is 0 Å². The second-order valence-electron chi connectivity index (χ2n) is 5.77. The Morgan fingerprint density at radius 2 is 1.73 bits per heavy atom. The van der Waals surface area contributed by atoms with E-state index in [9.17, 15) is 0 Å². The minimum absolute atomic E-state index is 0.462. The van der Waals surface area contributed by atoms with E-state index in [0.717, 1.165) is 12.4 Å². The fourth-order valence-corrected chi connectivity index (χ4v) is 2.97. The molecule has 0 heterocycles. The summed E-state index contributed by atoms with van der Waals surface area (Å²) in [5.74, 6) is 0.725. The molecular formula is C14H22O. The average molecular weight is 206 g/mol. The van der Waals surface area contributed by atoms with Crippen molar-refractivity contribution < 1.29 is 4.74 Å². The Kier molecular flexibility index (Phi) is 2.66. The van der Waals surface area contributed by atoms with Gasteiger partial charge in [0.05, 0.1) is 6.61 Å². The normalized spacial score (nSPS) is 38.7. The van der Waals surface area contributed by atoms with Gasteiger partial charge in [-0.25, -0.2) is 0 Å². The second-order valence-corrected chi connectivity index (χ2v) is 5.77. The fraction of sp³-hybridized carbons (Fsp3) is 0.714. The Morgan fingerprint density at radius 1 is 1.20 bits per heavy atom. The van der Waals surface area contributed by atoms with Gasteiger partial charge in [0.1, 0.15) is 5.76 Å². The van der Waals surface area contributed by atoms with E-state index < -0.39 is 0 Å². The molecule has 84 valence electrons. The number of hydrogen-bond donors (Lipinski definition) is 0. The van der Waals surface area contributed by atoms with Crippen molar-refractivity contribution in [3.05, 3.63) is 25.0 Å². The number of fused-ring (bicyclic) bond motifs is 3. The van der Waals surface area contributed by atoms with Gasteiger partial charge < -0.3 is 4.74 Å². The highest BCUT2D eigenvalue weighted by Crippen LogP contribution is 2.56. The van der Waals surface area contributed by atoms with Crippen molar-refractivity contribution in [2.24, 2.45) is 10.8 Å². The zero-order valence-corrected chi connectivity index (χ0v) is 9.85. The quantitative estimate of drug-likeness (QED) is 0.498. The first kappa shape index (κ1) is 10.8. The van der Waals surface area contributed by atoms with Gasteiger partial charge in [-0.3, -0.25) is 0 Å². The first-order chi connectivity index (χ1) is 7.08. The lowest BCUT2D eigenvalue weighted by molar-refractivity contribution is -0.0402. The summed E-state index contributed by atoms with van der Waals surface area (Å²) in [6, 6.07) is 0. The van der Waals surface area contributed by atoms with Crippen LogP contribution in [0.1, 0.15) is 45.4 Å². The van der Waals surface area contributed by atoms with Crippen molar-refractivity contribution in [2.75, 3.05) is 6.61 Å². The molecule has 3 aliphatic rings. The molecule has 3 saturated carbocycles. The SMILES string of the molecule is C=CC(=C)OCC12CCC(C)(CC1)CC2. The maximum Gasteiger partial charge on any atom is 0.111 e. The van der Waals surface area contributed by atoms with Crippen molar-refractivity contribution in [1.82, 2.24) is 0 Å². The van der Waals surface area contributed by atoms with Gasteiger partial charge in [0.15, 0.2) is 0 Å². The summed E-state index contributed by atoms with van der Waals surface area (Å²) >= 11 is 0. The van der Waals surface area contributed by atoms with Gasteiger partial charge in [0.25, 0.3) is 0 Å². The molecule has 0 aromatic rings. The molecule has 1 nitrogen and oxygen atoms in total. The van der Waals surface area contributed by atoms with Crippen LogP contribution in [0.3, 0.4) is 0 Å². The largest absolute Gasteiger partial charge is 0.494 e. The topological polar surface area (TPSA) is 9.23 Å². The number of hydrogen-bond acceptors (Lipinski definition) is 1. The van der Waals surface area contributed by atoms with Crippen LogP contribution in [0.25, 0.3) is 0 Å². The Bertz CT molecular complexity index is 253. The molecule has 0 radical (unpaired) electrons. The molecule has 0 aliphatic heterocycles. The number of ether oxygens (including phenoxy) is 1. The summed E-state index contributed by atoms with van der Waals surface area (Å²) in [4.78, 5) is 0. The predicted molar refractivity (Wildman–Crippen MR) is 63.5 cm³/mol. The third-order valence-electron chi connectivity index (χ3n) is 4.57. The standard InChI is InChI=1S/C14H22O/c1-4-12(2)15-11-14-8-5-13(3,6-9-14)7-10-14/h4H,1-2,5-11H2,3H3. The molecule has 0 spiro atoms. The molecule has 0 unspecified atom stereocenters. The van der Waals surface area contributed by atoms with E-state index in [-0.39, 0.29) is 0 Å². The maximum absolute atomic E-state index is 5.67. The minimum atomic E-state index is 0.462. The molecule has 0 aromatic carbocycles. The summed E-state index contributed by atoms with van der Waals surface area (Å²) in [6.45, 7) is 10.8. The van der Waals surface area contributed by atoms with Crippen molar-refractivity contribution >= 4 is 0 Å². The fourth-order valence-electron chi connectivity index (χ4n) is 2.97. The molecule has 3 aliphatic carbocycles. The van der Waals surface area contributed by atoms with Gasteiger partial charge in [-0.2, -0.15) is 0 Å². The molecule has 2 bridgehead atoms. The molecular weight excluding hydrogens is 184 g/mol. The smallest absolute Gasteiger partial charge is 0.111 e. The van der Waals surface area contributed by atoms with E-state index in [0.29, 0.717) is 10.8 Å². The lowest BCUT2D eigenvalue weighted by atomic mass is 9.55. The van der Waals surface area contributed by atoms with E-state index in [1.807, 2.05) is 0 Å². The highest BCUT2D eigenvalue weighted by Gasteiger charge is 2.46. The van der Waals surface area contributed by atoms with Gasteiger partial charge in [-0.15, -0.1) is 0 Å². The van der Waals surface area contributed by atoms with Gasteiger partial charge in [0.2, 0.25) is 0 Å². The van der Waals surface area contributed by atoms with E-state index in [2.05, 4.69) is 20.1 Å². The van der Waals surface area contributed by atoms with Gasteiger partial charge in [-0.1, -0.05) is 20.1 Å². The molecule has 0 N–H and O–H groups in total. The van der Waals surface area contributed by atoms with Crippen LogP contribution in [0.4, 0.5) is 0 Å². The molecule has 0 saturated heterocycles. The molecule has 0 amide bonds. The Morgan fingerprint density at radius 3 is 2.20 bits per heavy atom. The molecule has 15 heavy (non-hydrogen) atoms. The van der Waals surface area contributed by atoms with E-state index in [1.54, 1.807) is 6.08 Å². The molecule has 3 rings (SSSR count). The van der Waals surface area contributed by atoms with Crippen LogP contribution in [0, 0.1) is 10.8 Å². The second kappa shape index (κ2) is 3.70. The molecule has 3 fully saturated rings. The number of allylic oxidation sites excluding steroid dienone is 1. The van der Waals surface area contributed by atoms with Gasteiger partial charge in [0, 0.05) is 5.41 Å². The van der Waals surface area contributed by atoms with E-state index in [1.165, 1.54) is 38.5 Å². The van der Waals surface area contributed by atoms with Crippen LogP contribution < -0.4 is 0 Å². The zero-order chi connectivity index (χ0) is 10.9. The van der Waals surface area contributed by atoms with Crippen molar-refractivity contribution in [3.8, 4) is 0 Å². The maximum atomic E-state index is 5.67. The first-order valence-corrected chi connectivity index (χ1v) is 6.02. The average Bonchev–Trinajstić information content (AvgIpc) is 2.28. The predicted octanol–water partition coefficient (Wildman–Crippen LogP) is 4.06. The highest BCUT2D eigenvalue weighted by atomic mass is 16.5. The van der Waals surface area contributed by atoms with Gasteiger partial charge >= 0.3 is 0 Å². The van der Waals surface area contributed by atoms with E-state index >= 15 is 0 Å². The monoisotopic (exact) mass is 206 g/mol. The Labute approximate surface area is 93.2 Å². The zero-order valence-electron chi connectivity index (χ0n) is 9.85. The van der Waals surface area contributed by atoms with Crippen LogP contribution in [-0.2, 0) is 4.74 Å². The lowest BCUT2D eigenvalue weighted by Crippen LogP contribution is -2.42. The Balaban J connectivity index is 1.92. The molecule has 1 heteroatoms. The molecule has 0 atom stereocenters. The number of rotatable bonds is 4. The summed E-state index contributed by atoms with van der Waals surface area (Å²) < 4.78 is 5.67. The summed E-state index contributed by atoms with van der Waals surface area (Å²) in [5, 5.41) is 0. The summed E-state index contributed by atoms with van der Waals surface area (Å²) in [7, 11) is 0. The third kappa shape index (κ3) is 2.11. The first-order valence-electron chi connectivity index (χ1n) is 6.02. The molecule has 0 aromatic heterocycles. The lowest BCUT2D eigenvalue weighted by Gasteiger charge is -2.51. The van der Waals surface area contributed by atoms with Crippen molar-refractivity contribution in [2.45, 2.75) is 45.4 Å². The van der Waals surface area contributed by atoms with Crippen LogP contribution >= 0.6 is 0 Å². The van der Waals surface area contributed by atoms with E-state index in [4.69, 9.17) is 4.74 Å². The van der Waals surface area contributed by atoms with Crippen LogP contribution in [0.15, 0.2) is 25.0 Å². The van der Waals surface area contributed by atoms with Crippen molar-refractivity contribution in [3.63, 3.8) is 0 Å². The Hall–Kier alpha value is -0.720. The highest BCUT2D eigenvalue weighted by molar-refractivity contribution is 5.04. The van der Waals surface area contributed by atoms with Crippen LogP contribution in [-0.4, -0.2) is 6.61 Å². The van der Waals surface area contributed by atoms with Gasteiger partial charge in [-0.05, 0) is 50.0 Å². The minimum Gasteiger partial charge on any atom is -0.494 e. The van der Waals surface area contributed by atoms with Crippen LogP contribution in [0.2, 0.25) is 0 Å².